The van der Waals surface area contributed by atoms with Crippen molar-refractivity contribution in [3.63, 3.8) is 0 Å². The van der Waals surface area contributed by atoms with Crippen LogP contribution in [0, 0.1) is 0 Å². The van der Waals surface area contributed by atoms with Crippen LogP contribution < -0.4 is 5.32 Å². The molecule has 2 N–H and O–H groups in total. The molecular weight excluding hydrogens is 332 g/mol. The van der Waals surface area contributed by atoms with Gasteiger partial charge in [-0.05, 0) is 25.5 Å². The van der Waals surface area contributed by atoms with Gasteiger partial charge in [0.25, 0.3) is 5.91 Å². The molecule has 1 atom stereocenters. The molecule has 0 unspecified atom stereocenters. The van der Waals surface area contributed by atoms with Crippen molar-refractivity contribution in [3.05, 3.63) is 36.0 Å². The summed E-state index contributed by atoms with van der Waals surface area (Å²) >= 11 is 0. The molecule has 2 aromatic rings. The Balaban J connectivity index is 1.57. The van der Waals surface area contributed by atoms with Crippen molar-refractivity contribution in [2.75, 3.05) is 18.1 Å². The molecule has 1 fully saturated rings. The van der Waals surface area contributed by atoms with Gasteiger partial charge in [0.15, 0.2) is 16.4 Å². The summed E-state index contributed by atoms with van der Waals surface area (Å²) < 4.78 is 28.0. The largest absolute Gasteiger partial charge is 0.451 e. The Bertz CT molecular complexity index is 869. The maximum atomic E-state index is 12.0. The lowest BCUT2D eigenvalue weighted by atomic mass is 10.0. The number of para-hydroxylation sites is 1. The van der Waals surface area contributed by atoms with Gasteiger partial charge in [-0.25, -0.2) is 13.2 Å². The first kappa shape index (κ1) is 16.5. The van der Waals surface area contributed by atoms with Gasteiger partial charge >= 0.3 is 5.97 Å². The van der Waals surface area contributed by atoms with E-state index in [2.05, 4.69) is 10.3 Å². The van der Waals surface area contributed by atoms with Crippen LogP contribution in [0.3, 0.4) is 0 Å². The Hall–Kier alpha value is -2.35. The lowest BCUT2D eigenvalue weighted by molar-refractivity contribution is -0.125. The molecule has 1 aliphatic rings. The number of carbonyl (C=O) groups excluding carboxylic acids is 2. The number of hydrogen-bond donors (Lipinski definition) is 2. The fourth-order valence-corrected chi connectivity index (χ4v) is 4.97. The van der Waals surface area contributed by atoms with E-state index < -0.39 is 33.9 Å². The SMILES string of the molecule is C[C@]1(NC(=O)COC(=O)c2cc3ccccc3[nH]2)CCS(=O)(=O)C1. The first-order valence-electron chi connectivity index (χ1n) is 7.53. The molecule has 0 saturated carbocycles. The van der Waals surface area contributed by atoms with Gasteiger partial charge < -0.3 is 15.0 Å². The molecule has 2 heterocycles. The summed E-state index contributed by atoms with van der Waals surface area (Å²) in [6.45, 7) is 1.22. The summed E-state index contributed by atoms with van der Waals surface area (Å²) in [5, 5.41) is 3.51. The van der Waals surface area contributed by atoms with E-state index in [0.29, 0.717) is 6.42 Å². The number of nitrogens with one attached hydrogen (secondary N) is 2. The predicted molar refractivity (Wildman–Crippen MR) is 88.4 cm³/mol. The number of carbonyl (C=O) groups is 2. The molecule has 1 saturated heterocycles. The van der Waals surface area contributed by atoms with Crippen LogP contribution in [-0.4, -0.2) is 48.9 Å². The zero-order valence-corrected chi connectivity index (χ0v) is 14.0. The molecule has 1 aromatic carbocycles. The zero-order chi connectivity index (χ0) is 17.4. The summed E-state index contributed by atoms with van der Waals surface area (Å²) in [6, 6.07) is 9.05. The minimum Gasteiger partial charge on any atom is -0.451 e. The Morgan fingerprint density at radius 2 is 2.08 bits per heavy atom. The number of aromatic amines is 1. The second-order valence-electron chi connectivity index (χ2n) is 6.30. The van der Waals surface area contributed by atoms with E-state index in [1.54, 1.807) is 13.0 Å². The lowest BCUT2D eigenvalue weighted by Crippen LogP contribution is -2.48. The van der Waals surface area contributed by atoms with Crippen LogP contribution in [0.15, 0.2) is 30.3 Å². The van der Waals surface area contributed by atoms with E-state index in [1.807, 2.05) is 24.3 Å². The van der Waals surface area contributed by atoms with Crippen molar-refractivity contribution in [2.24, 2.45) is 0 Å². The van der Waals surface area contributed by atoms with Crippen molar-refractivity contribution in [3.8, 4) is 0 Å². The number of aromatic nitrogens is 1. The predicted octanol–water partition coefficient (Wildman–Crippen LogP) is 1.02. The van der Waals surface area contributed by atoms with Gasteiger partial charge in [-0.2, -0.15) is 0 Å². The van der Waals surface area contributed by atoms with Crippen LogP contribution in [0.4, 0.5) is 0 Å². The van der Waals surface area contributed by atoms with E-state index in [1.165, 1.54) is 0 Å². The number of ether oxygens (including phenoxy) is 1. The van der Waals surface area contributed by atoms with Crippen molar-refractivity contribution < 1.29 is 22.7 Å². The van der Waals surface area contributed by atoms with Crippen LogP contribution in [0.2, 0.25) is 0 Å². The number of H-pyrrole nitrogens is 1. The summed E-state index contributed by atoms with van der Waals surface area (Å²) in [5.74, 6) is -1.19. The van der Waals surface area contributed by atoms with Gasteiger partial charge in [0.2, 0.25) is 0 Å². The van der Waals surface area contributed by atoms with Crippen LogP contribution >= 0.6 is 0 Å². The average molecular weight is 350 g/mol. The Morgan fingerprint density at radius 1 is 1.33 bits per heavy atom. The fourth-order valence-electron chi connectivity index (χ4n) is 2.87. The summed E-state index contributed by atoms with van der Waals surface area (Å²) in [7, 11) is -3.12. The van der Waals surface area contributed by atoms with Gasteiger partial charge in [-0.3, -0.25) is 4.79 Å². The van der Waals surface area contributed by atoms with Crippen LogP contribution in [0.1, 0.15) is 23.8 Å². The Labute approximate surface area is 139 Å². The topological polar surface area (TPSA) is 105 Å². The number of esters is 1. The molecule has 8 heteroatoms. The van der Waals surface area contributed by atoms with E-state index in [9.17, 15) is 18.0 Å². The first-order valence-corrected chi connectivity index (χ1v) is 9.35. The molecule has 0 bridgehead atoms. The molecular formula is C16H18N2O5S. The van der Waals surface area contributed by atoms with Gasteiger partial charge in [-0.1, -0.05) is 18.2 Å². The molecule has 0 aliphatic carbocycles. The Morgan fingerprint density at radius 3 is 2.75 bits per heavy atom. The van der Waals surface area contributed by atoms with Crippen LogP contribution in [-0.2, 0) is 19.4 Å². The van der Waals surface area contributed by atoms with Gasteiger partial charge in [0.1, 0.15) is 5.69 Å². The summed E-state index contributed by atoms with van der Waals surface area (Å²) in [4.78, 5) is 26.9. The van der Waals surface area contributed by atoms with E-state index in [4.69, 9.17) is 4.74 Å². The maximum absolute atomic E-state index is 12.0. The van der Waals surface area contributed by atoms with Crippen molar-refractivity contribution in [2.45, 2.75) is 18.9 Å². The molecule has 128 valence electrons. The standard InChI is InChI=1S/C16H18N2O5S/c1-16(6-7-24(21,22)10-16)18-14(19)9-23-15(20)13-8-11-4-2-3-5-12(11)17-13/h2-5,8,17H,6-7,9-10H2,1H3,(H,18,19)/t16-/m0/s1. The molecule has 0 radical (unpaired) electrons. The van der Waals surface area contributed by atoms with E-state index >= 15 is 0 Å². The highest BCUT2D eigenvalue weighted by Gasteiger charge is 2.39. The number of rotatable bonds is 4. The number of sulfone groups is 1. The zero-order valence-electron chi connectivity index (χ0n) is 13.2. The average Bonchev–Trinajstić information content (AvgIpc) is 3.05. The fraction of sp³-hybridized carbons (Fsp3) is 0.375. The normalized spacial score (nSPS) is 22.4. The van der Waals surface area contributed by atoms with Gasteiger partial charge in [-0.15, -0.1) is 0 Å². The third kappa shape index (κ3) is 3.59. The smallest absolute Gasteiger partial charge is 0.355 e. The second-order valence-corrected chi connectivity index (χ2v) is 8.48. The van der Waals surface area contributed by atoms with Crippen molar-refractivity contribution in [1.29, 1.82) is 0 Å². The summed E-state index contributed by atoms with van der Waals surface area (Å²) in [5.41, 5.74) is 0.264. The molecule has 1 amide bonds. The van der Waals surface area contributed by atoms with Crippen LogP contribution in [0.25, 0.3) is 10.9 Å². The van der Waals surface area contributed by atoms with Gasteiger partial charge in [0.05, 0.1) is 17.0 Å². The van der Waals surface area contributed by atoms with E-state index in [0.717, 1.165) is 10.9 Å². The molecule has 3 rings (SSSR count). The maximum Gasteiger partial charge on any atom is 0.355 e. The van der Waals surface area contributed by atoms with Gasteiger partial charge in [0, 0.05) is 10.9 Å². The van der Waals surface area contributed by atoms with E-state index in [-0.39, 0.29) is 17.2 Å². The molecule has 7 nitrogen and oxygen atoms in total. The van der Waals surface area contributed by atoms with Crippen LogP contribution in [0.5, 0.6) is 0 Å². The number of amides is 1. The second kappa shape index (κ2) is 5.94. The quantitative estimate of drug-likeness (QED) is 0.801. The highest BCUT2D eigenvalue weighted by molar-refractivity contribution is 7.91. The molecule has 1 aromatic heterocycles. The third-order valence-electron chi connectivity index (χ3n) is 4.03. The monoisotopic (exact) mass is 350 g/mol. The highest BCUT2D eigenvalue weighted by atomic mass is 32.2. The minimum atomic E-state index is -3.12. The number of hydrogen-bond acceptors (Lipinski definition) is 5. The van der Waals surface area contributed by atoms with Crippen molar-refractivity contribution >= 4 is 32.6 Å². The summed E-state index contributed by atoms with van der Waals surface area (Å²) in [6.07, 6.45) is 0.358. The third-order valence-corrected chi connectivity index (χ3v) is 5.93. The molecule has 0 spiro atoms. The first-order chi connectivity index (χ1) is 11.3. The molecule has 1 aliphatic heterocycles. The highest BCUT2D eigenvalue weighted by Crippen LogP contribution is 2.22. The number of fused-ring (bicyclic) bond motifs is 1. The molecule has 24 heavy (non-hydrogen) atoms. The minimum absolute atomic E-state index is 0.0542. The number of benzene rings is 1. The Kier molecular flexibility index (Phi) is 4.08. The van der Waals surface area contributed by atoms with Crippen molar-refractivity contribution in [1.82, 2.24) is 10.3 Å². The lowest BCUT2D eigenvalue weighted by Gasteiger charge is -2.23.